The fraction of sp³-hybridized carbons (Fsp3) is 0.312. The molecule has 128 valence electrons. The van der Waals surface area contributed by atoms with Crippen LogP contribution in [0.15, 0.2) is 35.3 Å². The molecule has 1 unspecified atom stereocenters. The normalized spacial score (nSPS) is 11.0. The van der Waals surface area contributed by atoms with Crippen LogP contribution < -0.4 is 5.32 Å². The van der Waals surface area contributed by atoms with Gasteiger partial charge in [0.2, 0.25) is 6.08 Å². The summed E-state index contributed by atoms with van der Waals surface area (Å²) in [6.45, 7) is 6.52. The van der Waals surface area contributed by atoms with Gasteiger partial charge in [0.1, 0.15) is 6.61 Å². The number of amides is 1. The number of carbonyl (C=O) groups is 2. The fourth-order valence-corrected chi connectivity index (χ4v) is 1.71. The SMILES string of the molecule is C=C(C)C(=O)OCC(CCl)OC(=O)Nc1ccc(C)c(N=C=O)c1. The van der Waals surface area contributed by atoms with Gasteiger partial charge in [-0.3, -0.25) is 5.32 Å². The van der Waals surface area contributed by atoms with Crippen molar-refractivity contribution in [3.8, 4) is 0 Å². The highest BCUT2D eigenvalue weighted by atomic mass is 35.5. The Bertz CT molecular complexity index is 683. The standard InChI is InChI=1S/C16H17ClN2O5/c1-10(2)15(21)23-8-13(7-17)24-16(22)19-12-5-4-11(3)14(6-12)18-9-20/h4-6,13H,1,7-8H2,2-3H3,(H,19,22). The number of isocyanates is 1. The lowest BCUT2D eigenvalue weighted by Gasteiger charge is -2.16. The molecule has 0 bridgehead atoms. The molecule has 0 heterocycles. The molecule has 0 saturated carbocycles. The minimum atomic E-state index is -0.812. The van der Waals surface area contributed by atoms with Crippen molar-refractivity contribution >= 4 is 41.1 Å². The number of alkyl halides is 1. The van der Waals surface area contributed by atoms with Gasteiger partial charge in [-0.2, -0.15) is 4.99 Å². The minimum Gasteiger partial charge on any atom is -0.458 e. The van der Waals surface area contributed by atoms with Crippen LogP contribution in [0.2, 0.25) is 0 Å². The van der Waals surface area contributed by atoms with Crippen molar-refractivity contribution in [3.63, 3.8) is 0 Å². The molecular formula is C16H17ClN2O5. The number of hydrogen-bond donors (Lipinski definition) is 1. The topological polar surface area (TPSA) is 94.1 Å². The first-order chi connectivity index (χ1) is 11.4. The van der Waals surface area contributed by atoms with Crippen LogP contribution in [-0.2, 0) is 19.1 Å². The summed E-state index contributed by atoms with van der Waals surface area (Å²) < 4.78 is 9.96. The van der Waals surface area contributed by atoms with Gasteiger partial charge in [0.15, 0.2) is 6.10 Å². The molecule has 0 aliphatic rings. The van der Waals surface area contributed by atoms with E-state index in [4.69, 9.17) is 21.1 Å². The number of benzene rings is 1. The minimum absolute atomic E-state index is 0.0501. The Morgan fingerprint density at radius 1 is 1.46 bits per heavy atom. The van der Waals surface area contributed by atoms with E-state index in [2.05, 4.69) is 16.9 Å². The zero-order chi connectivity index (χ0) is 18.1. The van der Waals surface area contributed by atoms with Crippen LogP contribution in [0.4, 0.5) is 16.2 Å². The first-order valence-corrected chi connectivity index (χ1v) is 7.45. The molecule has 1 rings (SSSR count). The molecule has 1 amide bonds. The maximum absolute atomic E-state index is 11.9. The van der Waals surface area contributed by atoms with Crippen molar-refractivity contribution in [2.75, 3.05) is 17.8 Å². The van der Waals surface area contributed by atoms with Crippen LogP contribution in [-0.4, -0.2) is 36.7 Å². The first-order valence-electron chi connectivity index (χ1n) is 6.92. The van der Waals surface area contributed by atoms with E-state index < -0.39 is 18.2 Å². The van der Waals surface area contributed by atoms with E-state index in [0.29, 0.717) is 11.4 Å². The van der Waals surface area contributed by atoms with Gasteiger partial charge in [-0.05, 0) is 31.5 Å². The van der Waals surface area contributed by atoms with E-state index in [-0.39, 0.29) is 18.1 Å². The predicted octanol–water partition coefficient (Wildman–Crippen LogP) is 3.24. The van der Waals surface area contributed by atoms with Crippen LogP contribution in [0, 0.1) is 6.92 Å². The van der Waals surface area contributed by atoms with Crippen LogP contribution in [0.1, 0.15) is 12.5 Å². The number of rotatable bonds is 7. The zero-order valence-corrected chi connectivity index (χ0v) is 14.1. The molecule has 1 aromatic rings. The number of aryl methyl sites for hydroxylation is 1. The molecule has 7 nitrogen and oxygen atoms in total. The molecule has 0 aromatic heterocycles. The Morgan fingerprint density at radius 2 is 2.17 bits per heavy atom. The van der Waals surface area contributed by atoms with Crippen LogP contribution in [0.3, 0.4) is 0 Å². The molecule has 0 fully saturated rings. The van der Waals surface area contributed by atoms with E-state index >= 15 is 0 Å². The highest BCUT2D eigenvalue weighted by Gasteiger charge is 2.16. The third-order valence-corrected chi connectivity index (χ3v) is 3.16. The maximum Gasteiger partial charge on any atom is 0.412 e. The van der Waals surface area contributed by atoms with Crippen LogP contribution in [0.25, 0.3) is 0 Å². The Kier molecular flexibility index (Phi) is 7.68. The number of nitrogens with one attached hydrogen (secondary N) is 1. The zero-order valence-electron chi connectivity index (χ0n) is 13.3. The Labute approximate surface area is 144 Å². The first kappa shape index (κ1) is 19.4. The van der Waals surface area contributed by atoms with Gasteiger partial charge in [-0.1, -0.05) is 12.6 Å². The number of halogens is 1. The lowest BCUT2D eigenvalue weighted by Crippen LogP contribution is -2.29. The third-order valence-electron chi connectivity index (χ3n) is 2.82. The number of esters is 1. The molecular weight excluding hydrogens is 336 g/mol. The summed E-state index contributed by atoms with van der Waals surface area (Å²) in [5, 5.41) is 2.48. The number of anilines is 1. The average Bonchev–Trinajstić information content (AvgIpc) is 2.54. The van der Waals surface area contributed by atoms with Gasteiger partial charge >= 0.3 is 12.1 Å². The Balaban J connectivity index is 2.63. The third kappa shape index (κ3) is 6.24. The summed E-state index contributed by atoms with van der Waals surface area (Å²) in [6.07, 6.45) is -0.152. The summed E-state index contributed by atoms with van der Waals surface area (Å²) in [5.41, 5.74) is 1.75. The smallest absolute Gasteiger partial charge is 0.412 e. The maximum atomic E-state index is 11.9. The Morgan fingerprint density at radius 3 is 2.75 bits per heavy atom. The molecule has 0 radical (unpaired) electrons. The summed E-state index contributed by atoms with van der Waals surface area (Å²) in [5.74, 6) is -0.644. The van der Waals surface area contributed by atoms with Gasteiger partial charge < -0.3 is 9.47 Å². The molecule has 8 heteroatoms. The van der Waals surface area contributed by atoms with E-state index in [1.54, 1.807) is 19.1 Å². The second-order valence-corrected chi connectivity index (χ2v) is 5.20. The van der Waals surface area contributed by atoms with Crippen molar-refractivity contribution in [1.29, 1.82) is 0 Å². The van der Waals surface area contributed by atoms with Crippen LogP contribution in [0.5, 0.6) is 0 Å². The van der Waals surface area contributed by atoms with E-state index in [1.807, 2.05) is 0 Å². The van der Waals surface area contributed by atoms with Gasteiger partial charge in [-0.15, -0.1) is 11.6 Å². The number of ether oxygens (including phenoxy) is 2. The predicted molar refractivity (Wildman–Crippen MR) is 89.3 cm³/mol. The molecule has 0 spiro atoms. The van der Waals surface area contributed by atoms with Crippen molar-refractivity contribution in [2.24, 2.45) is 4.99 Å². The van der Waals surface area contributed by atoms with E-state index in [1.165, 1.54) is 19.1 Å². The van der Waals surface area contributed by atoms with Crippen molar-refractivity contribution in [3.05, 3.63) is 35.9 Å². The molecule has 1 aromatic carbocycles. The molecule has 0 aliphatic heterocycles. The average molecular weight is 353 g/mol. The molecule has 0 aliphatic carbocycles. The lowest BCUT2D eigenvalue weighted by molar-refractivity contribution is -0.141. The Hall–Kier alpha value is -2.63. The molecule has 24 heavy (non-hydrogen) atoms. The number of carbonyl (C=O) groups excluding carboxylic acids is 3. The van der Waals surface area contributed by atoms with Crippen LogP contribution >= 0.6 is 11.6 Å². The summed E-state index contributed by atoms with van der Waals surface area (Å²) in [7, 11) is 0. The second-order valence-electron chi connectivity index (χ2n) is 4.89. The highest BCUT2D eigenvalue weighted by Crippen LogP contribution is 2.22. The summed E-state index contributed by atoms with van der Waals surface area (Å²) in [4.78, 5) is 37.0. The monoisotopic (exact) mass is 352 g/mol. The lowest BCUT2D eigenvalue weighted by atomic mass is 10.2. The van der Waals surface area contributed by atoms with Gasteiger partial charge in [-0.25, -0.2) is 14.4 Å². The largest absolute Gasteiger partial charge is 0.458 e. The van der Waals surface area contributed by atoms with Gasteiger partial charge in [0.25, 0.3) is 0 Å². The fourth-order valence-electron chi connectivity index (χ4n) is 1.56. The van der Waals surface area contributed by atoms with Crippen molar-refractivity contribution in [2.45, 2.75) is 20.0 Å². The van der Waals surface area contributed by atoms with Gasteiger partial charge in [0, 0.05) is 11.3 Å². The number of aliphatic imine (C=N–C) groups is 1. The van der Waals surface area contributed by atoms with E-state index in [0.717, 1.165) is 5.56 Å². The van der Waals surface area contributed by atoms with E-state index in [9.17, 15) is 14.4 Å². The van der Waals surface area contributed by atoms with Crippen molar-refractivity contribution in [1.82, 2.24) is 0 Å². The molecule has 0 saturated heterocycles. The van der Waals surface area contributed by atoms with Crippen molar-refractivity contribution < 1.29 is 23.9 Å². The summed E-state index contributed by atoms with van der Waals surface area (Å²) >= 11 is 5.69. The number of nitrogens with zero attached hydrogens (tertiary/aromatic N) is 1. The number of hydrogen-bond acceptors (Lipinski definition) is 6. The quantitative estimate of drug-likeness (QED) is 0.267. The molecule has 1 atom stereocenters. The second kappa shape index (κ2) is 9.50. The highest BCUT2D eigenvalue weighted by molar-refractivity contribution is 6.18. The van der Waals surface area contributed by atoms with Gasteiger partial charge in [0.05, 0.1) is 11.6 Å². The summed E-state index contributed by atoms with van der Waals surface area (Å²) in [6, 6.07) is 4.80. The molecule has 1 N–H and O–H groups in total.